The zero-order valence-corrected chi connectivity index (χ0v) is 28.7. The van der Waals surface area contributed by atoms with Gasteiger partial charge in [0.05, 0.1) is 10.8 Å². The van der Waals surface area contributed by atoms with Crippen LogP contribution in [0.4, 0.5) is 4.39 Å². The molecule has 0 bridgehead atoms. The van der Waals surface area contributed by atoms with E-state index in [4.69, 9.17) is 11.6 Å². The number of carbonyl (C=O) groups excluding carboxylic acids is 1. The van der Waals surface area contributed by atoms with Gasteiger partial charge in [0.15, 0.2) is 0 Å². The van der Waals surface area contributed by atoms with Crippen LogP contribution in [0.2, 0.25) is 5.02 Å². The van der Waals surface area contributed by atoms with E-state index in [1.165, 1.54) is 18.2 Å². The minimum atomic E-state index is -4.05. The maximum absolute atomic E-state index is 14.7. The molecule has 10 heteroatoms. The van der Waals surface area contributed by atoms with Gasteiger partial charge in [0.25, 0.3) is 10.0 Å². The highest BCUT2D eigenvalue weighted by molar-refractivity contribution is 7.99. The Morgan fingerprint density at radius 2 is 1.74 bits per heavy atom. The van der Waals surface area contributed by atoms with Gasteiger partial charge in [0.2, 0.25) is 5.91 Å². The predicted octanol–water partition coefficient (Wildman–Crippen LogP) is 7.66. The minimum absolute atomic E-state index is 0.0138. The van der Waals surface area contributed by atoms with Crippen LogP contribution in [0.3, 0.4) is 0 Å². The largest absolute Gasteiger partial charge is 0.372 e. The molecule has 2 aliphatic rings. The summed E-state index contributed by atoms with van der Waals surface area (Å²) in [6, 6.07) is 21.2. The Labute approximate surface area is 281 Å². The van der Waals surface area contributed by atoms with Gasteiger partial charge in [-0.2, -0.15) is 0 Å². The third-order valence-corrected chi connectivity index (χ3v) is 11.3. The molecule has 1 aliphatic heterocycles. The Morgan fingerprint density at radius 1 is 1.02 bits per heavy atom. The summed E-state index contributed by atoms with van der Waals surface area (Å²) in [5, 5.41) is 0.368. The van der Waals surface area contributed by atoms with Crippen LogP contribution in [0.15, 0.2) is 107 Å². The molecular formula is C36H41ClFN3O3S2. The standard InChI is InChI=1S/C36H41ClFN3O3S2/c1-36(2)19-21-41(22-20-36)29-15-13-28(14-16-29)35(42)39-46(43,44)31-17-11-27(12-18-31)25-40(23-24-45-30-7-4-3-5-8-30)26-32-33(37)9-6-10-34(32)38/h3-13,15-18,28H,14,19-26H2,1-2H3,(H,39,42). The van der Waals surface area contributed by atoms with E-state index in [2.05, 4.69) is 40.5 Å². The molecule has 0 aromatic heterocycles. The highest BCUT2D eigenvalue weighted by atomic mass is 35.5. The van der Waals surface area contributed by atoms with Gasteiger partial charge in [-0.3, -0.25) is 9.69 Å². The summed E-state index contributed by atoms with van der Waals surface area (Å²) in [4.78, 5) is 18.6. The zero-order valence-electron chi connectivity index (χ0n) is 26.3. The van der Waals surface area contributed by atoms with Crippen LogP contribution in [0, 0.1) is 17.2 Å². The number of likely N-dealkylation sites (tertiary alicyclic amines) is 1. The summed E-state index contributed by atoms with van der Waals surface area (Å²) in [5.41, 5.74) is 2.73. The lowest BCUT2D eigenvalue weighted by Crippen LogP contribution is -2.38. The molecule has 244 valence electrons. The first-order valence-electron chi connectivity index (χ1n) is 15.6. The molecule has 3 aromatic carbocycles. The fourth-order valence-corrected chi connectivity index (χ4v) is 7.82. The number of hydrogen-bond donors (Lipinski definition) is 1. The second-order valence-corrected chi connectivity index (χ2v) is 15.9. The number of sulfonamides is 1. The van der Waals surface area contributed by atoms with Crippen LogP contribution in [0.5, 0.6) is 0 Å². The summed E-state index contributed by atoms with van der Waals surface area (Å²) in [7, 11) is -4.05. The smallest absolute Gasteiger partial charge is 0.264 e. The van der Waals surface area contributed by atoms with Crippen molar-refractivity contribution in [2.45, 2.75) is 56.0 Å². The number of amides is 1. The maximum atomic E-state index is 14.7. The number of benzene rings is 3. The fraction of sp³-hybridized carbons (Fsp3) is 0.361. The van der Waals surface area contributed by atoms with Gasteiger partial charge in [0.1, 0.15) is 5.82 Å². The molecule has 1 amide bonds. The monoisotopic (exact) mass is 681 g/mol. The van der Waals surface area contributed by atoms with Crippen LogP contribution in [0.1, 0.15) is 44.2 Å². The van der Waals surface area contributed by atoms with Crippen LogP contribution in [-0.2, 0) is 27.9 Å². The highest BCUT2D eigenvalue weighted by Crippen LogP contribution is 2.33. The number of hydrogen-bond acceptors (Lipinski definition) is 6. The van der Waals surface area contributed by atoms with Crippen molar-refractivity contribution in [2.75, 3.05) is 25.4 Å². The summed E-state index contributed by atoms with van der Waals surface area (Å²) < 4.78 is 43.2. The molecule has 3 aromatic rings. The van der Waals surface area contributed by atoms with Gasteiger partial charge in [-0.15, -0.1) is 11.8 Å². The van der Waals surface area contributed by atoms with Gasteiger partial charge >= 0.3 is 0 Å². The molecule has 1 unspecified atom stereocenters. The van der Waals surface area contributed by atoms with Crippen LogP contribution in [0.25, 0.3) is 0 Å². The molecule has 1 aliphatic carbocycles. The van der Waals surface area contributed by atoms with E-state index >= 15 is 0 Å². The first-order chi connectivity index (χ1) is 22.0. The quantitative estimate of drug-likeness (QED) is 0.198. The van der Waals surface area contributed by atoms with Crippen LogP contribution >= 0.6 is 23.4 Å². The van der Waals surface area contributed by atoms with Gasteiger partial charge in [-0.1, -0.05) is 74.0 Å². The number of nitrogens with zero attached hydrogens (tertiary/aromatic N) is 2. The Hall–Kier alpha value is -3.11. The number of nitrogens with one attached hydrogen (secondary N) is 1. The molecule has 0 saturated carbocycles. The Bertz CT molecular complexity index is 1650. The van der Waals surface area contributed by atoms with E-state index in [1.54, 1.807) is 42.1 Å². The minimum Gasteiger partial charge on any atom is -0.372 e. The number of thioether (sulfide) groups is 1. The lowest BCUT2D eigenvalue weighted by Gasteiger charge is -2.39. The molecule has 0 spiro atoms. The summed E-state index contributed by atoms with van der Waals surface area (Å²) in [6.45, 7) is 7.95. The Kier molecular flexibility index (Phi) is 11.3. The number of carbonyl (C=O) groups is 1. The predicted molar refractivity (Wildman–Crippen MR) is 184 cm³/mol. The number of piperidine rings is 1. The molecule has 46 heavy (non-hydrogen) atoms. The lowest BCUT2D eigenvalue weighted by molar-refractivity contribution is -0.121. The average Bonchev–Trinajstić information content (AvgIpc) is 3.03. The van der Waals surface area contributed by atoms with Crippen molar-refractivity contribution in [2.24, 2.45) is 11.3 Å². The molecule has 1 N–H and O–H groups in total. The van der Waals surface area contributed by atoms with Crippen molar-refractivity contribution in [3.63, 3.8) is 0 Å². The number of rotatable bonds is 12. The van der Waals surface area contributed by atoms with Gasteiger partial charge in [-0.25, -0.2) is 17.5 Å². The first kappa shape index (κ1) is 34.2. The molecular weight excluding hydrogens is 641 g/mol. The van der Waals surface area contributed by atoms with Crippen LogP contribution in [-0.4, -0.2) is 49.5 Å². The van der Waals surface area contributed by atoms with E-state index in [1.807, 2.05) is 30.4 Å². The van der Waals surface area contributed by atoms with E-state index in [0.29, 0.717) is 42.1 Å². The normalized spacial score (nSPS) is 18.0. The SMILES string of the molecule is CC1(C)CCN(C2=CCC(C(=O)NS(=O)(=O)c3ccc(CN(CCSc4ccccc4)Cc4c(F)cccc4Cl)cc3)C=C2)CC1. The summed E-state index contributed by atoms with van der Waals surface area (Å²) in [6.07, 6.45) is 8.45. The van der Waals surface area contributed by atoms with Crippen molar-refractivity contribution < 1.29 is 17.6 Å². The van der Waals surface area contributed by atoms with E-state index in [9.17, 15) is 17.6 Å². The highest BCUT2D eigenvalue weighted by Gasteiger charge is 2.28. The topological polar surface area (TPSA) is 69.7 Å². The molecule has 6 nitrogen and oxygen atoms in total. The van der Waals surface area contributed by atoms with Gasteiger partial charge in [0, 0.05) is 59.7 Å². The number of halogens is 2. The second kappa shape index (κ2) is 15.2. The molecule has 0 radical (unpaired) electrons. The first-order valence-corrected chi connectivity index (χ1v) is 18.5. The molecule has 1 fully saturated rings. The summed E-state index contributed by atoms with van der Waals surface area (Å²) in [5.74, 6) is -0.678. The van der Waals surface area contributed by atoms with Crippen LogP contribution < -0.4 is 4.72 Å². The molecule has 1 heterocycles. The summed E-state index contributed by atoms with van der Waals surface area (Å²) >= 11 is 8.05. The van der Waals surface area contributed by atoms with E-state index in [0.717, 1.165) is 47.8 Å². The third-order valence-electron chi connectivity index (χ3n) is 8.64. The number of allylic oxidation sites excluding steroid dienone is 2. The third kappa shape index (κ3) is 9.25. The maximum Gasteiger partial charge on any atom is 0.264 e. The van der Waals surface area contributed by atoms with Crippen molar-refractivity contribution >= 4 is 39.3 Å². The lowest BCUT2D eigenvalue weighted by atomic mass is 9.82. The Morgan fingerprint density at radius 3 is 2.39 bits per heavy atom. The van der Waals surface area contributed by atoms with E-state index in [-0.39, 0.29) is 10.7 Å². The van der Waals surface area contributed by atoms with Gasteiger partial charge in [-0.05, 0) is 72.7 Å². The van der Waals surface area contributed by atoms with Crippen molar-refractivity contribution in [1.29, 1.82) is 0 Å². The Balaban J connectivity index is 1.19. The van der Waals surface area contributed by atoms with Crippen molar-refractivity contribution in [3.05, 3.63) is 119 Å². The molecule has 5 rings (SSSR count). The van der Waals surface area contributed by atoms with Gasteiger partial charge < -0.3 is 4.90 Å². The molecule has 1 atom stereocenters. The van der Waals surface area contributed by atoms with Crippen molar-refractivity contribution in [3.8, 4) is 0 Å². The van der Waals surface area contributed by atoms with Crippen molar-refractivity contribution in [1.82, 2.24) is 14.5 Å². The fourth-order valence-electron chi connectivity index (χ4n) is 5.64. The average molecular weight is 682 g/mol. The zero-order chi connectivity index (χ0) is 32.7. The molecule has 1 saturated heterocycles. The van der Waals surface area contributed by atoms with E-state index < -0.39 is 21.8 Å². The second-order valence-electron chi connectivity index (χ2n) is 12.7.